The van der Waals surface area contributed by atoms with Crippen molar-refractivity contribution in [2.75, 3.05) is 38.9 Å². The number of aliphatic hydroxyl groups excluding tert-OH is 1. The molecular weight excluding hydrogens is 224 g/mol. The molecule has 0 fully saturated rings. The highest BCUT2D eigenvalue weighted by atomic mass is 16.5. The van der Waals surface area contributed by atoms with Gasteiger partial charge in [-0.25, -0.2) is 0 Å². The first-order chi connectivity index (χ1) is 8.22. The summed E-state index contributed by atoms with van der Waals surface area (Å²) in [5.74, 6) is 0. The lowest BCUT2D eigenvalue weighted by Crippen LogP contribution is -2.38. The molecule has 0 radical (unpaired) electrons. The van der Waals surface area contributed by atoms with Crippen LogP contribution >= 0.6 is 0 Å². The number of hydrogen-bond acceptors (Lipinski definition) is 6. The van der Waals surface area contributed by atoms with Crippen molar-refractivity contribution in [3.05, 3.63) is 12.0 Å². The number of anilines is 1. The van der Waals surface area contributed by atoms with E-state index in [9.17, 15) is 0 Å². The molecule has 0 aromatic carbocycles. The van der Waals surface area contributed by atoms with E-state index >= 15 is 0 Å². The minimum Gasteiger partial charge on any atom is -0.432 e. The number of rotatable bonds is 8. The first-order valence-corrected chi connectivity index (χ1v) is 5.52. The van der Waals surface area contributed by atoms with Crippen LogP contribution in [0.3, 0.4) is 0 Å². The number of aliphatic hydroxyl groups is 1. The number of hydrogen-bond donors (Lipinski definition) is 1. The molecule has 0 spiro atoms. The Bertz CT molecular complexity index is 316. The average Bonchev–Trinajstić information content (AvgIpc) is 2.78. The maximum atomic E-state index is 8.96. The second-order valence-electron chi connectivity index (χ2n) is 3.77. The number of nitrogens with zero attached hydrogens (tertiary/aromatic N) is 2. The lowest BCUT2D eigenvalue weighted by molar-refractivity contribution is 0.168. The molecular formula is C11H20N2O4. The first kappa shape index (κ1) is 14.0. The van der Waals surface area contributed by atoms with Gasteiger partial charge in [0, 0.05) is 20.8 Å². The molecule has 0 saturated heterocycles. The highest BCUT2D eigenvalue weighted by molar-refractivity contribution is 5.28. The van der Waals surface area contributed by atoms with Crippen molar-refractivity contribution < 1.29 is 19.0 Å². The lowest BCUT2D eigenvalue weighted by atomic mass is 10.3. The van der Waals surface area contributed by atoms with Gasteiger partial charge in [-0.05, 0) is 6.92 Å². The molecule has 1 aromatic heterocycles. The average molecular weight is 244 g/mol. The monoisotopic (exact) mass is 244 g/mol. The van der Waals surface area contributed by atoms with Gasteiger partial charge in [0.2, 0.25) is 0 Å². The summed E-state index contributed by atoms with van der Waals surface area (Å²) in [6, 6.07) is 0.607. The fraction of sp³-hybridized carbons (Fsp3) is 0.727. The third kappa shape index (κ3) is 3.99. The van der Waals surface area contributed by atoms with Crippen LogP contribution in [-0.4, -0.2) is 50.1 Å². The third-order valence-corrected chi connectivity index (χ3v) is 2.42. The van der Waals surface area contributed by atoms with Crippen LogP contribution in [0.2, 0.25) is 0 Å². The van der Waals surface area contributed by atoms with Crippen molar-refractivity contribution in [2.24, 2.45) is 0 Å². The van der Waals surface area contributed by atoms with Gasteiger partial charge in [0.1, 0.15) is 12.0 Å². The second-order valence-corrected chi connectivity index (χ2v) is 3.77. The SMILES string of the molecule is COCCN(c1nc(CO)co1)C(C)COC. The van der Waals surface area contributed by atoms with Gasteiger partial charge in [-0.2, -0.15) is 4.98 Å². The minimum atomic E-state index is -0.125. The van der Waals surface area contributed by atoms with Crippen molar-refractivity contribution in [3.63, 3.8) is 0 Å². The maximum absolute atomic E-state index is 8.96. The Balaban J connectivity index is 2.73. The summed E-state index contributed by atoms with van der Waals surface area (Å²) in [7, 11) is 3.30. The van der Waals surface area contributed by atoms with E-state index < -0.39 is 0 Å². The highest BCUT2D eigenvalue weighted by Gasteiger charge is 2.19. The molecule has 1 aromatic rings. The molecule has 0 bridgehead atoms. The van der Waals surface area contributed by atoms with Crippen molar-refractivity contribution >= 4 is 6.01 Å². The van der Waals surface area contributed by atoms with Crippen molar-refractivity contribution in [2.45, 2.75) is 19.6 Å². The fourth-order valence-electron chi connectivity index (χ4n) is 1.53. The van der Waals surface area contributed by atoms with Crippen LogP contribution in [0, 0.1) is 0 Å². The third-order valence-electron chi connectivity index (χ3n) is 2.42. The van der Waals surface area contributed by atoms with Crippen LogP contribution in [0.4, 0.5) is 6.01 Å². The molecule has 1 unspecified atom stereocenters. The molecule has 1 atom stereocenters. The Labute approximate surface area is 101 Å². The lowest BCUT2D eigenvalue weighted by Gasteiger charge is -2.26. The molecule has 0 aliphatic carbocycles. The fourth-order valence-corrected chi connectivity index (χ4v) is 1.53. The summed E-state index contributed by atoms with van der Waals surface area (Å²) in [4.78, 5) is 6.13. The molecule has 17 heavy (non-hydrogen) atoms. The van der Waals surface area contributed by atoms with Gasteiger partial charge < -0.3 is 23.9 Å². The molecule has 0 aliphatic rings. The van der Waals surface area contributed by atoms with Crippen LogP contribution in [0.15, 0.2) is 10.7 Å². The Hall–Kier alpha value is -1.11. The van der Waals surface area contributed by atoms with Crippen molar-refractivity contribution in [1.29, 1.82) is 0 Å². The number of aromatic nitrogens is 1. The van der Waals surface area contributed by atoms with E-state index in [2.05, 4.69) is 4.98 Å². The Morgan fingerprint density at radius 1 is 1.47 bits per heavy atom. The Morgan fingerprint density at radius 3 is 2.76 bits per heavy atom. The van der Waals surface area contributed by atoms with Crippen molar-refractivity contribution in [1.82, 2.24) is 4.98 Å². The molecule has 1 rings (SSSR count). The summed E-state index contributed by atoms with van der Waals surface area (Å²) >= 11 is 0. The van der Waals surface area contributed by atoms with Gasteiger partial charge in [0.15, 0.2) is 0 Å². The zero-order valence-corrected chi connectivity index (χ0v) is 10.5. The van der Waals surface area contributed by atoms with Crippen LogP contribution in [0.5, 0.6) is 0 Å². The molecule has 0 saturated carbocycles. The maximum Gasteiger partial charge on any atom is 0.297 e. The quantitative estimate of drug-likeness (QED) is 0.724. The van der Waals surface area contributed by atoms with E-state index in [0.29, 0.717) is 31.5 Å². The first-order valence-electron chi connectivity index (χ1n) is 5.52. The summed E-state index contributed by atoms with van der Waals surface area (Å²) < 4.78 is 15.5. The highest BCUT2D eigenvalue weighted by Crippen LogP contribution is 2.16. The summed E-state index contributed by atoms with van der Waals surface area (Å²) in [5, 5.41) is 8.96. The van der Waals surface area contributed by atoms with E-state index in [0.717, 1.165) is 0 Å². The number of oxazole rings is 1. The Morgan fingerprint density at radius 2 is 2.24 bits per heavy atom. The molecule has 1 heterocycles. The molecule has 0 amide bonds. The number of methoxy groups -OCH3 is 2. The van der Waals surface area contributed by atoms with Gasteiger partial charge in [0.05, 0.1) is 25.9 Å². The standard InChI is InChI=1S/C11H20N2O4/c1-9(7-16-3)13(4-5-15-2)11-12-10(6-14)8-17-11/h8-9,14H,4-7H2,1-3H3. The van der Waals surface area contributed by atoms with Crippen LogP contribution in [-0.2, 0) is 16.1 Å². The molecule has 0 aliphatic heterocycles. The topological polar surface area (TPSA) is 68.0 Å². The molecule has 6 heteroatoms. The predicted octanol–water partition coefficient (Wildman–Crippen LogP) is 0.655. The Kier molecular flexibility index (Phi) is 5.96. The van der Waals surface area contributed by atoms with Gasteiger partial charge >= 0.3 is 0 Å². The summed E-state index contributed by atoms with van der Waals surface area (Å²) in [6.07, 6.45) is 1.45. The smallest absolute Gasteiger partial charge is 0.297 e. The van der Waals surface area contributed by atoms with Crippen LogP contribution < -0.4 is 4.90 Å². The van der Waals surface area contributed by atoms with Crippen LogP contribution in [0.25, 0.3) is 0 Å². The van der Waals surface area contributed by atoms with Crippen molar-refractivity contribution in [3.8, 4) is 0 Å². The summed E-state index contributed by atoms with van der Waals surface area (Å²) in [6.45, 7) is 3.69. The zero-order valence-electron chi connectivity index (χ0n) is 10.5. The largest absolute Gasteiger partial charge is 0.432 e. The van der Waals surface area contributed by atoms with E-state index in [-0.39, 0.29) is 12.6 Å². The normalized spacial score (nSPS) is 12.7. The van der Waals surface area contributed by atoms with Crippen LogP contribution in [0.1, 0.15) is 12.6 Å². The van der Waals surface area contributed by atoms with E-state index in [1.807, 2.05) is 11.8 Å². The predicted molar refractivity (Wildman–Crippen MR) is 63.0 cm³/mol. The van der Waals surface area contributed by atoms with E-state index in [1.54, 1.807) is 14.2 Å². The van der Waals surface area contributed by atoms with Gasteiger partial charge in [-0.1, -0.05) is 0 Å². The number of ether oxygens (including phenoxy) is 2. The van der Waals surface area contributed by atoms with E-state index in [1.165, 1.54) is 6.26 Å². The molecule has 1 N–H and O–H groups in total. The molecule has 98 valence electrons. The van der Waals surface area contributed by atoms with Gasteiger partial charge in [0.25, 0.3) is 6.01 Å². The zero-order chi connectivity index (χ0) is 12.7. The van der Waals surface area contributed by atoms with E-state index in [4.69, 9.17) is 19.0 Å². The molecule has 6 nitrogen and oxygen atoms in total. The minimum absolute atomic E-state index is 0.125. The summed E-state index contributed by atoms with van der Waals surface area (Å²) in [5.41, 5.74) is 0.520. The van der Waals surface area contributed by atoms with Gasteiger partial charge in [-0.15, -0.1) is 0 Å². The second kappa shape index (κ2) is 7.26. The van der Waals surface area contributed by atoms with Gasteiger partial charge in [-0.3, -0.25) is 0 Å².